The summed E-state index contributed by atoms with van der Waals surface area (Å²) in [4.78, 5) is 28.8. The van der Waals surface area contributed by atoms with Crippen molar-refractivity contribution in [2.24, 2.45) is 17.8 Å². The SMILES string of the molecule is COc1ccc(-c2csc(NC(=O)COC(=O)C3CC4C=CC3C4)n2)cc1OC. The van der Waals surface area contributed by atoms with Gasteiger partial charge in [0.1, 0.15) is 0 Å². The average Bonchev–Trinajstić information content (AvgIpc) is 3.48. The van der Waals surface area contributed by atoms with Crippen LogP contribution in [0.4, 0.5) is 5.13 Å². The van der Waals surface area contributed by atoms with Crippen molar-refractivity contribution in [2.75, 3.05) is 26.1 Å². The summed E-state index contributed by atoms with van der Waals surface area (Å²) in [5.41, 5.74) is 1.55. The summed E-state index contributed by atoms with van der Waals surface area (Å²) in [5, 5.41) is 4.97. The van der Waals surface area contributed by atoms with E-state index in [2.05, 4.69) is 22.5 Å². The zero-order valence-electron chi connectivity index (χ0n) is 16.2. The smallest absolute Gasteiger partial charge is 0.310 e. The van der Waals surface area contributed by atoms with Crippen molar-refractivity contribution < 1.29 is 23.8 Å². The molecule has 2 bridgehead atoms. The fourth-order valence-corrected chi connectivity index (χ4v) is 4.65. The van der Waals surface area contributed by atoms with Gasteiger partial charge in [-0.15, -0.1) is 11.3 Å². The first-order chi connectivity index (χ1) is 14.1. The Hall–Kier alpha value is -2.87. The van der Waals surface area contributed by atoms with Crippen molar-refractivity contribution >= 4 is 28.3 Å². The van der Waals surface area contributed by atoms with E-state index in [0.29, 0.717) is 28.2 Å². The Kier molecular flexibility index (Phi) is 5.53. The summed E-state index contributed by atoms with van der Waals surface area (Å²) in [6, 6.07) is 5.49. The largest absolute Gasteiger partial charge is 0.493 e. The molecule has 0 aliphatic heterocycles. The number of aromatic nitrogens is 1. The van der Waals surface area contributed by atoms with Crippen LogP contribution in [0.15, 0.2) is 35.7 Å². The average molecular weight is 414 g/mol. The number of nitrogens with zero attached hydrogens (tertiary/aromatic N) is 1. The van der Waals surface area contributed by atoms with Crippen LogP contribution in [0.3, 0.4) is 0 Å². The lowest BCUT2D eigenvalue weighted by molar-refractivity contribution is -0.152. The number of nitrogens with one attached hydrogen (secondary N) is 1. The van der Waals surface area contributed by atoms with E-state index in [9.17, 15) is 9.59 Å². The molecule has 3 unspecified atom stereocenters. The van der Waals surface area contributed by atoms with Crippen LogP contribution >= 0.6 is 11.3 Å². The lowest BCUT2D eigenvalue weighted by Crippen LogP contribution is -2.26. The predicted molar refractivity (Wildman–Crippen MR) is 109 cm³/mol. The molecule has 4 rings (SSSR count). The molecule has 0 radical (unpaired) electrons. The molecule has 1 amide bonds. The van der Waals surface area contributed by atoms with E-state index >= 15 is 0 Å². The number of esters is 1. The lowest BCUT2D eigenvalue weighted by atomic mass is 9.94. The number of thiazole rings is 1. The fourth-order valence-electron chi connectivity index (χ4n) is 3.91. The third-order valence-corrected chi connectivity index (χ3v) is 6.11. The summed E-state index contributed by atoms with van der Waals surface area (Å²) in [6.07, 6.45) is 6.10. The molecule has 1 aromatic heterocycles. The number of fused-ring (bicyclic) bond motifs is 2. The van der Waals surface area contributed by atoms with E-state index in [4.69, 9.17) is 14.2 Å². The quantitative estimate of drug-likeness (QED) is 0.551. The number of hydrogen-bond donors (Lipinski definition) is 1. The first-order valence-electron chi connectivity index (χ1n) is 9.40. The maximum absolute atomic E-state index is 12.2. The van der Waals surface area contributed by atoms with Crippen LogP contribution in [0.5, 0.6) is 11.5 Å². The van der Waals surface area contributed by atoms with Gasteiger partial charge in [-0.25, -0.2) is 4.98 Å². The van der Waals surface area contributed by atoms with Gasteiger partial charge < -0.3 is 14.2 Å². The predicted octanol–water partition coefficient (Wildman–Crippen LogP) is 3.52. The highest BCUT2D eigenvalue weighted by Crippen LogP contribution is 2.43. The summed E-state index contributed by atoms with van der Waals surface area (Å²) in [6.45, 7) is -0.304. The summed E-state index contributed by atoms with van der Waals surface area (Å²) >= 11 is 1.30. The highest BCUT2D eigenvalue weighted by Gasteiger charge is 2.40. The van der Waals surface area contributed by atoms with Crippen molar-refractivity contribution in [2.45, 2.75) is 12.8 Å². The van der Waals surface area contributed by atoms with Gasteiger partial charge in [-0.3, -0.25) is 14.9 Å². The van der Waals surface area contributed by atoms with Gasteiger partial charge in [-0.05, 0) is 42.9 Å². The van der Waals surface area contributed by atoms with Crippen LogP contribution in [0.2, 0.25) is 0 Å². The van der Waals surface area contributed by atoms with Crippen molar-refractivity contribution in [3.8, 4) is 22.8 Å². The van der Waals surface area contributed by atoms with E-state index in [0.717, 1.165) is 18.4 Å². The van der Waals surface area contributed by atoms with Crippen LogP contribution in [0.1, 0.15) is 12.8 Å². The number of ether oxygens (including phenoxy) is 3. The number of hydrogen-bond acceptors (Lipinski definition) is 7. The molecule has 2 aromatic rings. The number of allylic oxidation sites excluding steroid dienone is 2. The van der Waals surface area contributed by atoms with Gasteiger partial charge in [0.15, 0.2) is 23.2 Å². The molecule has 1 heterocycles. The number of anilines is 1. The van der Waals surface area contributed by atoms with Gasteiger partial charge >= 0.3 is 5.97 Å². The van der Waals surface area contributed by atoms with E-state index in [-0.39, 0.29) is 24.4 Å². The highest BCUT2D eigenvalue weighted by molar-refractivity contribution is 7.14. The second-order valence-electron chi connectivity index (χ2n) is 7.15. The molecule has 29 heavy (non-hydrogen) atoms. The van der Waals surface area contributed by atoms with E-state index in [1.54, 1.807) is 20.3 Å². The molecule has 1 aromatic carbocycles. The van der Waals surface area contributed by atoms with Crippen LogP contribution < -0.4 is 14.8 Å². The number of rotatable bonds is 7. The fraction of sp³-hybridized carbons (Fsp3) is 0.381. The Morgan fingerprint density at radius 3 is 2.69 bits per heavy atom. The van der Waals surface area contributed by atoms with Crippen molar-refractivity contribution in [1.29, 1.82) is 0 Å². The molecule has 7 nitrogen and oxygen atoms in total. The zero-order valence-corrected chi connectivity index (χ0v) is 17.0. The molecule has 3 atom stereocenters. The molecular formula is C21H22N2O5S. The second kappa shape index (κ2) is 8.24. The molecular weight excluding hydrogens is 392 g/mol. The molecule has 2 aliphatic carbocycles. The molecule has 1 saturated carbocycles. The first-order valence-corrected chi connectivity index (χ1v) is 10.3. The summed E-state index contributed by atoms with van der Waals surface area (Å²) in [5.74, 6) is 1.18. The number of carbonyl (C=O) groups is 2. The molecule has 8 heteroatoms. The number of benzene rings is 1. The molecule has 152 valence electrons. The molecule has 0 saturated heterocycles. The topological polar surface area (TPSA) is 86.8 Å². The molecule has 0 spiro atoms. The Balaban J connectivity index is 1.32. The number of amides is 1. The van der Waals surface area contributed by atoms with Crippen LogP contribution in [0, 0.1) is 17.8 Å². The minimum Gasteiger partial charge on any atom is -0.493 e. The Morgan fingerprint density at radius 2 is 2.00 bits per heavy atom. The minimum absolute atomic E-state index is 0.116. The van der Waals surface area contributed by atoms with Gasteiger partial charge in [0.05, 0.1) is 25.8 Å². The standard InChI is InChI=1S/C21H22N2O5S/c1-26-17-6-5-14(9-18(17)27-2)16-11-29-21(22-16)23-19(24)10-28-20(25)15-8-12-3-4-13(15)7-12/h3-6,9,11-13,15H,7-8,10H2,1-2H3,(H,22,23,24). The monoisotopic (exact) mass is 414 g/mol. The second-order valence-corrected chi connectivity index (χ2v) is 8.01. The normalized spacial score (nSPS) is 21.8. The Labute approximate surface area is 172 Å². The maximum atomic E-state index is 12.2. The van der Waals surface area contributed by atoms with Gasteiger partial charge in [-0.2, -0.15) is 0 Å². The van der Waals surface area contributed by atoms with Crippen LogP contribution in [-0.2, 0) is 14.3 Å². The highest BCUT2D eigenvalue weighted by atomic mass is 32.1. The lowest BCUT2D eigenvalue weighted by Gasteiger charge is -2.16. The van der Waals surface area contributed by atoms with Crippen LogP contribution in [0.25, 0.3) is 11.3 Å². The third kappa shape index (κ3) is 4.12. The van der Waals surface area contributed by atoms with Gasteiger partial charge in [0.25, 0.3) is 5.91 Å². The molecule has 1 fully saturated rings. The number of carbonyl (C=O) groups excluding carboxylic acids is 2. The van der Waals surface area contributed by atoms with Gasteiger partial charge in [0.2, 0.25) is 0 Å². The zero-order chi connectivity index (χ0) is 20.4. The summed E-state index contributed by atoms with van der Waals surface area (Å²) in [7, 11) is 3.15. The van der Waals surface area contributed by atoms with Crippen LogP contribution in [-0.4, -0.2) is 37.7 Å². The van der Waals surface area contributed by atoms with Gasteiger partial charge in [-0.1, -0.05) is 12.2 Å². The summed E-state index contributed by atoms with van der Waals surface area (Å²) < 4.78 is 15.8. The van der Waals surface area contributed by atoms with Gasteiger partial charge in [0, 0.05) is 10.9 Å². The van der Waals surface area contributed by atoms with Crippen molar-refractivity contribution in [1.82, 2.24) is 4.98 Å². The Bertz CT molecular complexity index is 954. The molecule has 2 aliphatic rings. The van der Waals surface area contributed by atoms with E-state index < -0.39 is 5.91 Å². The van der Waals surface area contributed by atoms with Crippen molar-refractivity contribution in [3.63, 3.8) is 0 Å². The maximum Gasteiger partial charge on any atom is 0.310 e. The first kappa shape index (κ1) is 19.4. The minimum atomic E-state index is -0.398. The van der Waals surface area contributed by atoms with Crippen molar-refractivity contribution in [3.05, 3.63) is 35.7 Å². The van der Waals surface area contributed by atoms with E-state index in [1.165, 1.54) is 11.3 Å². The van der Waals surface area contributed by atoms with E-state index in [1.807, 2.05) is 17.5 Å². The number of methoxy groups -OCH3 is 2. The third-order valence-electron chi connectivity index (χ3n) is 5.36. The Morgan fingerprint density at radius 1 is 1.17 bits per heavy atom. The molecule has 1 N–H and O–H groups in total.